The Hall–Kier alpha value is -0.990. The van der Waals surface area contributed by atoms with Crippen LogP contribution in [0.4, 0.5) is 5.69 Å². The number of hydrogen-bond donors (Lipinski definition) is 1. The Morgan fingerprint density at radius 2 is 2.06 bits per heavy atom. The van der Waals surface area contributed by atoms with Gasteiger partial charge >= 0.3 is 0 Å². The number of sulfonamides is 1. The number of rotatable bonds is 5. The number of aryl methyl sites for hydroxylation is 1. The standard InChI is InChI=1S/C10H16N2O4S2/c1-7-8(12(13)14)5-9(17-7)10(2,3)6-18(15,16)11-4/h5,11H,6H2,1-4H3. The van der Waals surface area contributed by atoms with E-state index in [1.165, 1.54) is 24.5 Å². The Morgan fingerprint density at radius 1 is 1.50 bits per heavy atom. The van der Waals surface area contributed by atoms with Crippen molar-refractivity contribution in [2.45, 2.75) is 26.2 Å². The van der Waals surface area contributed by atoms with Crippen LogP contribution in [-0.4, -0.2) is 26.1 Å². The van der Waals surface area contributed by atoms with Crippen molar-refractivity contribution in [3.05, 3.63) is 25.9 Å². The van der Waals surface area contributed by atoms with E-state index in [0.29, 0.717) is 9.75 Å². The van der Waals surface area contributed by atoms with Gasteiger partial charge in [-0.1, -0.05) is 13.8 Å². The quantitative estimate of drug-likeness (QED) is 0.662. The van der Waals surface area contributed by atoms with Crippen molar-refractivity contribution in [3.8, 4) is 0 Å². The molecule has 0 atom stereocenters. The molecule has 1 rings (SSSR count). The fraction of sp³-hybridized carbons (Fsp3) is 0.600. The highest BCUT2D eigenvalue weighted by molar-refractivity contribution is 7.89. The van der Waals surface area contributed by atoms with Gasteiger partial charge in [-0.15, -0.1) is 11.3 Å². The van der Waals surface area contributed by atoms with Gasteiger partial charge in [0.25, 0.3) is 5.69 Å². The molecule has 0 saturated heterocycles. The van der Waals surface area contributed by atoms with E-state index in [1.807, 2.05) is 0 Å². The van der Waals surface area contributed by atoms with E-state index < -0.39 is 20.4 Å². The summed E-state index contributed by atoms with van der Waals surface area (Å²) in [5, 5.41) is 10.8. The highest BCUT2D eigenvalue weighted by atomic mass is 32.2. The maximum atomic E-state index is 11.6. The van der Waals surface area contributed by atoms with E-state index in [9.17, 15) is 18.5 Å². The van der Waals surface area contributed by atoms with Crippen LogP contribution in [0.15, 0.2) is 6.07 Å². The Morgan fingerprint density at radius 3 is 2.44 bits per heavy atom. The van der Waals surface area contributed by atoms with Crippen LogP contribution in [0.5, 0.6) is 0 Å². The second-order valence-corrected chi connectivity index (χ2v) is 7.84. The second-order valence-electron chi connectivity index (χ2n) is 4.66. The van der Waals surface area contributed by atoms with Crippen LogP contribution in [0, 0.1) is 17.0 Å². The summed E-state index contributed by atoms with van der Waals surface area (Å²) in [6.45, 7) is 5.18. The van der Waals surface area contributed by atoms with Gasteiger partial charge in [0.1, 0.15) is 0 Å². The lowest BCUT2D eigenvalue weighted by molar-refractivity contribution is -0.385. The van der Waals surface area contributed by atoms with Crippen LogP contribution in [0.1, 0.15) is 23.6 Å². The van der Waals surface area contributed by atoms with Gasteiger partial charge in [0, 0.05) is 16.4 Å². The van der Waals surface area contributed by atoms with Crippen molar-refractivity contribution in [1.29, 1.82) is 0 Å². The van der Waals surface area contributed by atoms with Crippen LogP contribution in [0.2, 0.25) is 0 Å². The molecule has 1 heterocycles. The van der Waals surface area contributed by atoms with E-state index in [1.54, 1.807) is 20.8 Å². The lowest BCUT2D eigenvalue weighted by atomic mass is 9.94. The minimum Gasteiger partial charge on any atom is -0.258 e. The summed E-state index contributed by atoms with van der Waals surface area (Å²) < 4.78 is 25.4. The molecule has 6 nitrogen and oxygen atoms in total. The van der Waals surface area contributed by atoms with E-state index in [0.717, 1.165) is 0 Å². The topological polar surface area (TPSA) is 89.3 Å². The van der Waals surface area contributed by atoms with E-state index in [4.69, 9.17) is 0 Å². The number of thiophene rings is 1. The lowest BCUT2D eigenvalue weighted by Crippen LogP contribution is -2.33. The zero-order valence-corrected chi connectivity index (χ0v) is 12.3. The summed E-state index contributed by atoms with van der Waals surface area (Å²) in [6.07, 6.45) is 0. The van der Waals surface area contributed by atoms with Crippen molar-refractivity contribution >= 4 is 27.0 Å². The molecule has 8 heteroatoms. The summed E-state index contributed by atoms with van der Waals surface area (Å²) in [4.78, 5) is 11.6. The molecule has 0 saturated carbocycles. The number of nitrogens with one attached hydrogen (secondary N) is 1. The molecule has 0 aliphatic rings. The first-order valence-corrected chi connectivity index (χ1v) is 7.72. The molecular formula is C10H16N2O4S2. The molecule has 0 aliphatic carbocycles. The van der Waals surface area contributed by atoms with Gasteiger partial charge in [-0.2, -0.15) is 0 Å². The van der Waals surface area contributed by atoms with E-state index in [-0.39, 0.29) is 11.4 Å². The average molecular weight is 292 g/mol. The number of hydrogen-bond acceptors (Lipinski definition) is 5. The zero-order valence-electron chi connectivity index (χ0n) is 10.7. The second kappa shape index (κ2) is 4.94. The maximum Gasteiger partial charge on any atom is 0.283 e. The maximum absolute atomic E-state index is 11.6. The monoisotopic (exact) mass is 292 g/mol. The summed E-state index contributed by atoms with van der Waals surface area (Å²) in [5.41, 5.74) is -0.615. The molecule has 1 aromatic rings. The third-order valence-corrected chi connectivity index (χ3v) is 5.75. The minimum atomic E-state index is -3.36. The molecule has 18 heavy (non-hydrogen) atoms. The van der Waals surface area contributed by atoms with Crippen molar-refractivity contribution in [2.75, 3.05) is 12.8 Å². The zero-order chi connectivity index (χ0) is 14.1. The summed E-state index contributed by atoms with van der Waals surface area (Å²) in [6, 6.07) is 1.46. The highest BCUT2D eigenvalue weighted by Gasteiger charge is 2.31. The molecule has 102 valence electrons. The lowest BCUT2D eigenvalue weighted by Gasteiger charge is -2.22. The predicted octanol–water partition coefficient (Wildman–Crippen LogP) is 1.79. The van der Waals surface area contributed by atoms with Gasteiger partial charge in [0.2, 0.25) is 10.0 Å². The van der Waals surface area contributed by atoms with E-state index in [2.05, 4.69) is 4.72 Å². The molecule has 0 amide bonds. The Kier molecular flexibility index (Phi) is 4.14. The third-order valence-electron chi connectivity index (χ3n) is 2.62. The summed E-state index contributed by atoms with van der Waals surface area (Å²) in [5.74, 6) is -0.104. The van der Waals surface area contributed by atoms with Gasteiger partial charge in [-0.05, 0) is 14.0 Å². The summed E-state index contributed by atoms with van der Waals surface area (Å²) >= 11 is 1.27. The molecule has 0 fully saturated rings. The number of nitrogens with zero attached hydrogens (tertiary/aromatic N) is 1. The molecule has 0 unspecified atom stereocenters. The Bertz CT molecular complexity index is 560. The molecule has 0 spiro atoms. The van der Waals surface area contributed by atoms with Gasteiger partial charge in [-0.3, -0.25) is 10.1 Å². The van der Waals surface area contributed by atoms with Crippen LogP contribution < -0.4 is 4.72 Å². The molecule has 0 aliphatic heterocycles. The predicted molar refractivity (Wildman–Crippen MR) is 71.6 cm³/mol. The molecule has 0 bridgehead atoms. The minimum absolute atomic E-state index is 0.0462. The molecule has 1 aromatic heterocycles. The third kappa shape index (κ3) is 3.27. The fourth-order valence-electron chi connectivity index (χ4n) is 1.61. The molecule has 0 radical (unpaired) electrons. The average Bonchev–Trinajstić information content (AvgIpc) is 2.59. The van der Waals surface area contributed by atoms with E-state index >= 15 is 0 Å². The smallest absolute Gasteiger partial charge is 0.258 e. The van der Waals surface area contributed by atoms with Crippen LogP contribution in [0.25, 0.3) is 0 Å². The van der Waals surface area contributed by atoms with Crippen LogP contribution >= 0.6 is 11.3 Å². The Labute approximate surface area is 110 Å². The summed E-state index contributed by atoms with van der Waals surface area (Å²) in [7, 11) is -2.01. The fourth-order valence-corrected chi connectivity index (χ4v) is 4.03. The van der Waals surface area contributed by atoms with Crippen molar-refractivity contribution < 1.29 is 13.3 Å². The molecular weight excluding hydrogens is 276 g/mol. The van der Waals surface area contributed by atoms with Crippen molar-refractivity contribution in [3.63, 3.8) is 0 Å². The first-order valence-electron chi connectivity index (χ1n) is 5.25. The normalized spacial score (nSPS) is 12.7. The van der Waals surface area contributed by atoms with Crippen LogP contribution in [-0.2, 0) is 15.4 Å². The molecule has 0 aromatic carbocycles. The van der Waals surface area contributed by atoms with Gasteiger partial charge < -0.3 is 0 Å². The van der Waals surface area contributed by atoms with Gasteiger partial charge in [0.15, 0.2) is 0 Å². The Balaban J connectivity index is 3.13. The number of nitro groups is 1. The van der Waals surface area contributed by atoms with Crippen LogP contribution in [0.3, 0.4) is 0 Å². The first kappa shape index (κ1) is 15.1. The van der Waals surface area contributed by atoms with Crippen molar-refractivity contribution in [2.24, 2.45) is 0 Å². The van der Waals surface area contributed by atoms with Gasteiger partial charge in [-0.25, -0.2) is 13.1 Å². The molecule has 1 N–H and O–H groups in total. The highest BCUT2D eigenvalue weighted by Crippen LogP contribution is 2.36. The largest absolute Gasteiger partial charge is 0.283 e. The van der Waals surface area contributed by atoms with Gasteiger partial charge in [0.05, 0.1) is 15.6 Å². The van der Waals surface area contributed by atoms with Crippen molar-refractivity contribution in [1.82, 2.24) is 4.72 Å². The first-order chi connectivity index (χ1) is 8.09. The SMILES string of the molecule is CNS(=O)(=O)CC(C)(C)c1cc([N+](=O)[O-])c(C)s1.